The van der Waals surface area contributed by atoms with Crippen molar-refractivity contribution in [3.05, 3.63) is 10.7 Å². The highest BCUT2D eigenvalue weighted by atomic mass is 79.9. The average molecular weight is 273 g/mol. The van der Waals surface area contributed by atoms with Crippen LogP contribution in [0.25, 0.3) is 0 Å². The molecule has 2 rings (SSSR count). The average Bonchev–Trinajstić information content (AvgIpc) is 2.71. The van der Waals surface area contributed by atoms with E-state index < -0.39 is 0 Å². The molecule has 0 aromatic carbocycles. The summed E-state index contributed by atoms with van der Waals surface area (Å²) in [6, 6.07) is 2.75. The molecule has 1 aliphatic rings. The molecule has 0 N–H and O–H groups in total. The van der Waals surface area contributed by atoms with Gasteiger partial charge in [-0.25, -0.2) is 0 Å². The lowest BCUT2D eigenvalue weighted by Gasteiger charge is -2.21. The number of nitrogens with zero attached hydrogens (tertiary/aromatic N) is 4. The molecule has 0 amide bonds. The number of hydrogen-bond donors (Lipinski definition) is 0. The maximum Gasteiger partial charge on any atom is 0.130 e. The van der Waals surface area contributed by atoms with Gasteiger partial charge in [-0.05, 0) is 36.4 Å². The van der Waals surface area contributed by atoms with Crippen molar-refractivity contribution in [1.82, 2.24) is 14.7 Å². The van der Waals surface area contributed by atoms with Crippen LogP contribution in [0.3, 0.4) is 0 Å². The highest BCUT2D eigenvalue weighted by molar-refractivity contribution is 9.10. The van der Waals surface area contributed by atoms with E-state index in [1.165, 1.54) is 12.2 Å². The monoisotopic (exact) mass is 272 g/mol. The Morgan fingerprint density at radius 2 is 2.27 bits per heavy atom. The third-order valence-corrected chi connectivity index (χ3v) is 3.43. The summed E-state index contributed by atoms with van der Waals surface area (Å²) in [5.74, 6) is 1.20. The van der Waals surface area contributed by atoms with E-state index >= 15 is 0 Å². The predicted molar refractivity (Wildman–Crippen MR) is 65.2 cm³/mol. The maximum atomic E-state index is 4.30. The summed E-state index contributed by atoms with van der Waals surface area (Å²) in [6.07, 6.45) is 1.23. The molecule has 0 bridgehead atoms. The summed E-state index contributed by atoms with van der Waals surface area (Å²) in [7, 11) is 6.28. The Balaban J connectivity index is 2.11. The fourth-order valence-corrected chi connectivity index (χ4v) is 2.53. The van der Waals surface area contributed by atoms with Crippen molar-refractivity contribution in [2.75, 3.05) is 32.1 Å². The zero-order chi connectivity index (χ0) is 11.0. The van der Waals surface area contributed by atoms with E-state index in [0.29, 0.717) is 6.04 Å². The second-order valence-electron chi connectivity index (χ2n) is 4.30. The minimum atomic E-state index is 0.665. The van der Waals surface area contributed by atoms with Gasteiger partial charge in [0.2, 0.25) is 0 Å². The summed E-state index contributed by atoms with van der Waals surface area (Å²) in [5, 5.41) is 4.30. The topological polar surface area (TPSA) is 24.3 Å². The molecule has 0 saturated carbocycles. The second kappa shape index (κ2) is 4.14. The van der Waals surface area contributed by atoms with Gasteiger partial charge in [-0.2, -0.15) is 5.10 Å². The van der Waals surface area contributed by atoms with Crippen LogP contribution in [0.1, 0.15) is 6.42 Å². The van der Waals surface area contributed by atoms with Gasteiger partial charge < -0.3 is 9.80 Å². The van der Waals surface area contributed by atoms with Crippen molar-refractivity contribution in [1.29, 1.82) is 0 Å². The Labute approximate surface area is 99.0 Å². The molecule has 2 heterocycles. The minimum absolute atomic E-state index is 0.665. The molecule has 1 fully saturated rings. The van der Waals surface area contributed by atoms with Gasteiger partial charge in [0.15, 0.2) is 0 Å². The molecule has 1 aliphatic heterocycles. The van der Waals surface area contributed by atoms with Gasteiger partial charge in [-0.1, -0.05) is 0 Å². The number of halogens is 1. The molecular weight excluding hydrogens is 256 g/mol. The summed E-state index contributed by atoms with van der Waals surface area (Å²) < 4.78 is 2.84. The van der Waals surface area contributed by atoms with Crippen LogP contribution in [0, 0.1) is 0 Å². The normalized spacial score (nSPS) is 21.7. The van der Waals surface area contributed by atoms with Gasteiger partial charge in [0.05, 0.1) is 0 Å². The fraction of sp³-hybridized carbons (Fsp3) is 0.700. The quantitative estimate of drug-likeness (QED) is 0.812. The first-order valence-electron chi connectivity index (χ1n) is 5.19. The Morgan fingerprint density at radius 3 is 2.73 bits per heavy atom. The molecule has 5 heteroatoms. The lowest BCUT2D eigenvalue weighted by molar-refractivity contribution is 0.315. The Hall–Kier alpha value is -0.550. The first-order chi connectivity index (χ1) is 7.08. The number of aryl methyl sites for hydroxylation is 1. The molecule has 0 radical (unpaired) electrons. The van der Waals surface area contributed by atoms with Crippen LogP contribution in [0.5, 0.6) is 0 Å². The van der Waals surface area contributed by atoms with Gasteiger partial charge >= 0.3 is 0 Å². The van der Waals surface area contributed by atoms with Crippen LogP contribution in [0.4, 0.5) is 5.82 Å². The third-order valence-electron chi connectivity index (χ3n) is 3.04. The van der Waals surface area contributed by atoms with E-state index in [-0.39, 0.29) is 0 Å². The van der Waals surface area contributed by atoms with Gasteiger partial charge in [-0.3, -0.25) is 4.68 Å². The zero-order valence-electron chi connectivity index (χ0n) is 9.44. The SMILES string of the molecule is CN(C)C1CCN(c2cc(Br)nn2C)C1. The van der Waals surface area contributed by atoms with Crippen LogP contribution in [0.15, 0.2) is 10.7 Å². The lowest BCUT2D eigenvalue weighted by atomic mass is 10.2. The first-order valence-corrected chi connectivity index (χ1v) is 5.98. The van der Waals surface area contributed by atoms with Gasteiger partial charge in [-0.15, -0.1) is 0 Å². The van der Waals surface area contributed by atoms with Gasteiger partial charge in [0.25, 0.3) is 0 Å². The Kier molecular flexibility index (Phi) is 3.02. The molecule has 4 nitrogen and oxygen atoms in total. The summed E-state index contributed by atoms with van der Waals surface area (Å²) in [5.41, 5.74) is 0. The predicted octanol–water partition coefficient (Wildman–Crippen LogP) is 1.32. The zero-order valence-corrected chi connectivity index (χ0v) is 11.0. The van der Waals surface area contributed by atoms with E-state index in [9.17, 15) is 0 Å². The van der Waals surface area contributed by atoms with Gasteiger partial charge in [0.1, 0.15) is 10.4 Å². The smallest absolute Gasteiger partial charge is 0.130 e. The number of likely N-dealkylation sites (N-methyl/N-ethyl adjacent to an activating group) is 1. The molecule has 0 aliphatic carbocycles. The van der Waals surface area contributed by atoms with Crippen molar-refractivity contribution >= 4 is 21.7 Å². The lowest BCUT2D eigenvalue weighted by Crippen LogP contribution is -2.32. The minimum Gasteiger partial charge on any atom is -0.355 e. The van der Waals surface area contributed by atoms with Crippen LogP contribution in [-0.2, 0) is 7.05 Å². The highest BCUT2D eigenvalue weighted by Crippen LogP contribution is 2.24. The standard InChI is InChI=1S/C10H17BrN4/c1-13(2)8-4-5-15(7-8)10-6-9(11)12-14(10)3/h6,8H,4-5,7H2,1-3H3. The molecule has 1 unspecified atom stereocenters. The van der Waals surface area contributed by atoms with Crippen LogP contribution in [-0.4, -0.2) is 47.9 Å². The molecule has 1 aromatic heterocycles. The summed E-state index contributed by atoms with van der Waals surface area (Å²) in [6.45, 7) is 2.22. The molecular formula is C10H17BrN4. The van der Waals surface area contributed by atoms with Crippen molar-refractivity contribution in [2.24, 2.45) is 7.05 Å². The number of aromatic nitrogens is 2. The number of anilines is 1. The maximum absolute atomic E-state index is 4.30. The molecule has 1 aromatic rings. The summed E-state index contributed by atoms with van der Waals surface area (Å²) in [4.78, 5) is 4.69. The number of rotatable bonds is 2. The Bertz CT molecular complexity index is 347. The van der Waals surface area contributed by atoms with Crippen LogP contribution >= 0.6 is 15.9 Å². The summed E-state index contributed by atoms with van der Waals surface area (Å²) >= 11 is 3.41. The van der Waals surface area contributed by atoms with Gasteiger partial charge in [0, 0.05) is 32.2 Å². The molecule has 84 valence electrons. The van der Waals surface area contributed by atoms with E-state index in [1.54, 1.807) is 0 Å². The highest BCUT2D eigenvalue weighted by Gasteiger charge is 2.25. The first kappa shape index (κ1) is 11.0. The second-order valence-corrected chi connectivity index (χ2v) is 5.11. The molecule has 15 heavy (non-hydrogen) atoms. The van der Waals surface area contributed by atoms with E-state index in [0.717, 1.165) is 17.7 Å². The molecule has 0 spiro atoms. The molecule has 1 saturated heterocycles. The van der Waals surface area contributed by atoms with Crippen LogP contribution < -0.4 is 4.90 Å². The van der Waals surface area contributed by atoms with Crippen molar-refractivity contribution < 1.29 is 0 Å². The number of hydrogen-bond acceptors (Lipinski definition) is 3. The van der Waals surface area contributed by atoms with Crippen molar-refractivity contribution in [3.8, 4) is 0 Å². The van der Waals surface area contributed by atoms with Crippen molar-refractivity contribution in [2.45, 2.75) is 12.5 Å². The Morgan fingerprint density at radius 1 is 1.53 bits per heavy atom. The largest absolute Gasteiger partial charge is 0.355 e. The van der Waals surface area contributed by atoms with Crippen LogP contribution in [0.2, 0.25) is 0 Å². The van der Waals surface area contributed by atoms with Crippen molar-refractivity contribution in [3.63, 3.8) is 0 Å². The van der Waals surface area contributed by atoms with E-state index in [1.807, 2.05) is 11.7 Å². The third kappa shape index (κ3) is 2.18. The van der Waals surface area contributed by atoms with E-state index in [2.05, 4.69) is 51.0 Å². The fourth-order valence-electron chi connectivity index (χ4n) is 2.09. The van der Waals surface area contributed by atoms with E-state index in [4.69, 9.17) is 0 Å². The molecule has 1 atom stereocenters.